The fourth-order valence-corrected chi connectivity index (χ4v) is 0.840. The maximum Gasteiger partial charge on any atom is 0.00708 e. The molecular weight excluding hydrogens is 146 g/mol. The van der Waals surface area contributed by atoms with Crippen LogP contribution in [0.2, 0.25) is 0 Å². The lowest BCUT2D eigenvalue weighted by Gasteiger charge is -2.01. The predicted octanol–water partition coefficient (Wildman–Crippen LogP) is 3.03. The van der Waals surface area contributed by atoms with Crippen LogP contribution in [0.25, 0.3) is 0 Å². The summed E-state index contributed by atoms with van der Waals surface area (Å²) in [6.45, 7) is 4.30. The van der Waals surface area contributed by atoms with Gasteiger partial charge in [0.2, 0.25) is 0 Å². The third kappa shape index (κ3) is 7.55. The summed E-state index contributed by atoms with van der Waals surface area (Å²) in [6, 6.07) is 0.334. The lowest BCUT2D eigenvalue weighted by atomic mass is 10.1. The number of unbranched alkanes of at least 4 members (excludes halogenated alkanes) is 1. The van der Waals surface area contributed by atoms with E-state index in [4.69, 9.17) is 5.73 Å². The number of hydrogen-bond donors (Lipinski definition) is 1. The monoisotopic (exact) mass is 167 g/mol. The first kappa shape index (κ1) is 11.4. The van der Waals surface area contributed by atoms with Crippen molar-refractivity contribution in [3.63, 3.8) is 0 Å². The standard InChI is InChI=1S/C11H21N/c1-3-5-6-7-8-9-10-11(12)4-2/h6-9,11H,3-5,10,12H2,1-2H3/b7-6+,9-8+. The Morgan fingerprint density at radius 3 is 2.42 bits per heavy atom. The van der Waals surface area contributed by atoms with Crippen LogP contribution in [-0.2, 0) is 0 Å². The maximum atomic E-state index is 5.74. The molecule has 1 heteroatoms. The quantitative estimate of drug-likeness (QED) is 0.605. The van der Waals surface area contributed by atoms with Crippen molar-refractivity contribution < 1.29 is 0 Å². The summed E-state index contributed by atoms with van der Waals surface area (Å²) in [6.07, 6.45) is 13.0. The van der Waals surface area contributed by atoms with Gasteiger partial charge in [-0.25, -0.2) is 0 Å². The fourth-order valence-electron chi connectivity index (χ4n) is 0.840. The van der Waals surface area contributed by atoms with Crippen molar-refractivity contribution in [2.75, 3.05) is 0 Å². The Labute approximate surface area is 76.3 Å². The zero-order chi connectivity index (χ0) is 9.23. The van der Waals surface area contributed by atoms with Gasteiger partial charge in [0.25, 0.3) is 0 Å². The van der Waals surface area contributed by atoms with Gasteiger partial charge in [-0.15, -0.1) is 0 Å². The molecule has 0 aromatic heterocycles. The highest BCUT2D eigenvalue weighted by molar-refractivity contribution is 5.02. The van der Waals surface area contributed by atoms with E-state index in [0.29, 0.717) is 6.04 Å². The summed E-state index contributed by atoms with van der Waals surface area (Å²) in [5.41, 5.74) is 5.74. The van der Waals surface area contributed by atoms with E-state index >= 15 is 0 Å². The molecule has 70 valence electrons. The molecule has 0 radical (unpaired) electrons. The summed E-state index contributed by atoms with van der Waals surface area (Å²) < 4.78 is 0. The van der Waals surface area contributed by atoms with Gasteiger partial charge in [0.1, 0.15) is 0 Å². The molecule has 2 N–H and O–H groups in total. The van der Waals surface area contributed by atoms with Gasteiger partial charge in [0, 0.05) is 6.04 Å². The molecule has 1 unspecified atom stereocenters. The van der Waals surface area contributed by atoms with E-state index in [9.17, 15) is 0 Å². The van der Waals surface area contributed by atoms with E-state index in [-0.39, 0.29) is 0 Å². The van der Waals surface area contributed by atoms with Gasteiger partial charge in [0.15, 0.2) is 0 Å². The third-order valence-corrected chi connectivity index (χ3v) is 1.80. The number of hydrogen-bond acceptors (Lipinski definition) is 1. The fraction of sp³-hybridized carbons (Fsp3) is 0.636. The predicted molar refractivity (Wildman–Crippen MR) is 56.1 cm³/mol. The summed E-state index contributed by atoms with van der Waals surface area (Å²) in [5.74, 6) is 0. The first-order valence-electron chi connectivity index (χ1n) is 4.88. The van der Waals surface area contributed by atoms with E-state index in [0.717, 1.165) is 12.8 Å². The molecule has 0 saturated heterocycles. The van der Waals surface area contributed by atoms with Gasteiger partial charge in [-0.2, -0.15) is 0 Å². The van der Waals surface area contributed by atoms with Crippen molar-refractivity contribution in [2.24, 2.45) is 5.73 Å². The summed E-state index contributed by atoms with van der Waals surface area (Å²) in [4.78, 5) is 0. The van der Waals surface area contributed by atoms with Crippen LogP contribution in [0.1, 0.15) is 39.5 Å². The van der Waals surface area contributed by atoms with Gasteiger partial charge in [-0.05, 0) is 19.3 Å². The second-order valence-electron chi connectivity index (χ2n) is 3.05. The number of allylic oxidation sites excluding steroid dienone is 3. The van der Waals surface area contributed by atoms with Crippen molar-refractivity contribution in [3.8, 4) is 0 Å². The highest BCUT2D eigenvalue weighted by atomic mass is 14.6. The van der Waals surface area contributed by atoms with Crippen LogP contribution in [0, 0.1) is 0 Å². The van der Waals surface area contributed by atoms with Crippen molar-refractivity contribution in [3.05, 3.63) is 24.3 Å². The molecule has 0 aromatic carbocycles. The normalized spacial score (nSPS) is 14.6. The highest BCUT2D eigenvalue weighted by Gasteiger charge is 1.91. The van der Waals surface area contributed by atoms with Crippen molar-refractivity contribution in [1.82, 2.24) is 0 Å². The summed E-state index contributed by atoms with van der Waals surface area (Å²) in [5, 5.41) is 0. The molecule has 1 nitrogen and oxygen atoms in total. The highest BCUT2D eigenvalue weighted by Crippen LogP contribution is 1.95. The topological polar surface area (TPSA) is 26.0 Å². The molecule has 0 heterocycles. The van der Waals surface area contributed by atoms with Crippen LogP contribution in [0.4, 0.5) is 0 Å². The molecule has 0 spiro atoms. The Kier molecular flexibility index (Phi) is 8.14. The Hall–Kier alpha value is -0.560. The van der Waals surface area contributed by atoms with Crippen LogP contribution < -0.4 is 5.73 Å². The Morgan fingerprint density at radius 1 is 1.17 bits per heavy atom. The first-order chi connectivity index (χ1) is 5.81. The van der Waals surface area contributed by atoms with Crippen LogP contribution in [0.5, 0.6) is 0 Å². The van der Waals surface area contributed by atoms with E-state index in [1.54, 1.807) is 0 Å². The summed E-state index contributed by atoms with van der Waals surface area (Å²) in [7, 11) is 0. The minimum atomic E-state index is 0.334. The van der Waals surface area contributed by atoms with Crippen molar-refractivity contribution >= 4 is 0 Å². The Morgan fingerprint density at radius 2 is 1.83 bits per heavy atom. The molecule has 0 saturated carbocycles. The van der Waals surface area contributed by atoms with E-state index in [2.05, 4.69) is 38.2 Å². The Balaban J connectivity index is 3.36. The van der Waals surface area contributed by atoms with Crippen LogP contribution >= 0.6 is 0 Å². The molecule has 0 aliphatic rings. The second-order valence-corrected chi connectivity index (χ2v) is 3.05. The SMILES string of the molecule is CCC/C=C/C=C/CC(N)CC. The minimum absolute atomic E-state index is 0.334. The molecule has 0 bridgehead atoms. The second kappa shape index (κ2) is 8.54. The third-order valence-electron chi connectivity index (χ3n) is 1.80. The first-order valence-corrected chi connectivity index (χ1v) is 4.88. The zero-order valence-electron chi connectivity index (χ0n) is 8.29. The average Bonchev–Trinajstić information content (AvgIpc) is 2.10. The maximum absolute atomic E-state index is 5.74. The molecular formula is C11H21N. The molecule has 0 amide bonds. The van der Waals surface area contributed by atoms with Crippen molar-refractivity contribution in [1.29, 1.82) is 0 Å². The molecule has 0 fully saturated rings. The van der Waals surface area contributed by atoms with Crippen LogP contribution in [0.15, 0.2) is 24.3 Å². The van der Waals surface area contributed by atoms with E-state index in [1.807, 2.05) is 0 Å². The lowest BCUT2D eigenvalue weighted by molar-refractivity contribution is 0.659. The molecule has 12 heavy (non-hydrogen) atoms. The van der Waals surface area contributed by atoms with Gasteiger partial charge >= 0.3 is 0 Å². The lowest BCUT2D eigenvalue weighted by Crippen LogP contribution is -2.16. The summed E-state index contributed by atoms with van der Waals surface area (Å²) >= 11 is 0. The van der Waals surface area contributed by atoms with Crippen LogP contribution in [0.3, 0.4) is 0 Å². The number of nitrogens with two attached hydrogens (primary N) is 1. The largest absolute Gasteiger partial charge is 0.327 e. The van der Waals surface area contributed by atoms with Crippen LogP contribution in [-0.4, -0.2) is 6.04 Å². The molecule has 0 aromatic rings. The molecule has 0 aliphatic heterocycles. The van der Waals surface area contributed by atoms with Gasteiger partial charge < -0.3 is 5.73 Å². The molecule has 1 atom stereocenters. The molecule has 0 rings (SSSR count). The van der Waals surface area contributed by atoms with Crippen molar-refractivity contribution in [2.45, 2.75) is 45.6 Å². The number of rotatable bonds is 6. The average molecular weight is 167 g/mol. The van der Waals surface area contributed by atoms with E-state index in [1.165, 1.54) is 12.8 Å². The zero-order valence-corrected chi connectivity index (χ0v) is 8.29. The Bertz CT molecular complexity index is 136. The minimum Gasteiger partial charge on any atom is -0.327 e. The smallest absolute Gasteiger partial charge is 0.00708 e. The van der Waals surface area contributed by atoms with Gasteiger partial charge in [-0.3, -0.25) is 0 Å². The van der Waals surface area contributed by atoms with E-state index < -0.39 is 0 Å². The van der Waals surface area contributed by atoms with Gasteiger partial charge in [0.05, 0.1) is 0 Å². The molecule has 0 aliphatic carbocycles. The van der Waals surface area contributed by atoms with Gasteiger partial charge in [-0.1, -0.05) is 44.6 Å².